The number of aliphatic hydroxyl groups excluding tert-OH is 2. The van der Waals surface area contributed by atoms with Crippen LogP contribution in [0.4, 0.5) is 0 Å². The molecule has 3 atom stereocenters. The molecule has 0 amide bonds. The van der Waals surface area contributed by atoms with E-state index in [1.807, 2.05) is 30.3 Å². The zero-order valence-electron chi connectivity index (χ0n) is 10.3. The summed E-state index contributed by atoms with van der Waals surface area (Å²) in [5.74, 6) is 0.257. The summed E-state index contributed by atoms with van der Waals surface area (Å²) in [4.78, 5) is 0. The van der Waals surface area contributed by atoms with Crippen LogP contribution in [0.15, 0.2) is 30.3 Å². The zero-order valence-corrected chi connectivity index (χ0v) is 10.3. The van der Waals surface area contributed by atoms with Crippen molar-refractivity contribution in [1.82, 2.24) is 0 Å². The predicted octanol–water partition coefficient (Wildman–Crippen LogP) is 3.05. The van der Waals surface area contributed by atoms with Gasteiger partial charge in [-0.2, -0.15) is 0 Å². The first-order chi connectivity index (χ1) is 8.27. The van der Waals surface area contributed by atoms with E-state index < -0.39 is 6.10 Å². The van der Waals surface area contributed by atoms with Gasteiger partial charge >= 0.3 is 0 Å². The van der Waals surface area contributed by atoms with Gasteiger partial charge < -0.3 is 10.2 Å². The number of hydrogen-bond acceptors (Lipinski definition) is 2. The molecule has 2 rings (SSSR count). The molecule has 1 aromatic rings. The second-order valence-electron chi connectivity index (χ2n) is 5.13. The summed E-state index contributed by atoms with van der Waals surface area (Å²) in [6, 6.07) is 9.75. The van der Waals surface area contributed by atoms with E-state index in [4.69, 9.17) is 0 Å². The van der Waals surface area contributed by atoms with Gasteiger partial charge in [0.2, 0.25) is 0 Å². The SMILES string of the molecule is O[C@H](C[C@H]1CCCCC[C@@H]1O)c1ccccc1. The molecule has 0 saturated heterocycles. The highest BCUT2D eigenvalue weighted by atomic mass is 16.3. The summed E-state index contributed by atoms with van der Waals surface area (Å²) in [5, 5.41) is 20.2. The maximum Gasteiger partial charge on any atom is 0.0793 e. The van der Waals surface area contributed by atoms with E-state index in [1.54, 1.807) is 0 Å². The normalized spacial score (nSPS) is 27.4. The van der Waals surface area contributed by atoms with Gasteiger partial charge in [-0.25, -0.2) is 0 Å². The van der Waals surface area contributed by atoms with Gasteiger partial charge in [-0.05, 0) is 30.7 Å². The lowest BCUT2D eigenvalue weighted by atomic mass is 9.89. The van der Waals surface area contributed by atoms with Gasteiger partial charge in [-0.3, -0.25) is 0 Å². The van der Waals surface area contributed by atoms with Crippen LogP contribution in [0.1, 0.15) is 50.2 Å². The van der Waals surface area contributed by atoms with Crippen LogP contribution in [0.3, 0.4) is 0 Å². The van der Waals surface area contributed by atoms with Gasteiger partial charge in [0.25, 0.3) is 0 Å². The molecule has 0 aromatic heterocycles. The van der Waals surface area contributed by atoms with Gasteiger partial charge in [0.1, 0.15) is 0 Å². The van der Waals surface area contributed by atoms with Gasteiger partial charge in [-0.15, -0.1) is 0 Å². The first-order valence-corrected chi connectivity index (χ1v) is 6.68. The first kappa shape index (κ1) is 12.6. The summed E-state index contributed by atoms with van der Waals surface area (Å²) in [5.41, 5.74) is 0.962. The van der Waals surface area contributed by atoms with Crippen molar-refractivity contribution in [2.24, 2.45) is 5.92 Å². The maximum atomic E-state index is 10.2. The maximum absolute atomic E-state index is 10.2. The standard InChI is InChI=1S/C15H22O2/c16-14-10-6-2-5-9-13(14)11-15(17)12-7-3-1-4-8-12/h1,3-4,7-8,13-17H,2,5-6,9-11H2/t13-,14+,15-/m1/s1. The molecule has 1 fully saturated rings. The summed E-state index contributed by atoms with van der Waals surface area (Å²) in [6.45, 7) is 0. The molecule has 2 nitrogen and oxygen atoms in total. The van der Waals surface area contributed by atoms with E-state index in [9.17, 15) is 10.2 Å². The largest absolute Gasteiger partial charge is 0.393 e. The molecule has 2 heteroatoms. The first-order valence-electron chi connectivity index (χ1n) is 6.68. The van der Waals surface area contributed by atoms with Crippen LogP contribution >= 0.6 is 0 Å². The van der Waals surface area contributed by atoms with Crippen LogP contribution in [-0.2, 0) is 0 Å². The molecule has 0 bridgehead atoms. The Balaban J connectivity index is 1.95. The lowest BCUT2D eigenvalue weighted by Gasteiger charge is -2.23. The molecule has 0 radical (unpaired) electrons. The summed E-state index contributed by atoms with van der Waals surface area (Å²) < 4.78 is 0. The smallest absolute Gasteiger partial charge is 0.0793 e. The van der Waals surface area contributed by atoms with E-state index in [1.165, 1.54) is 12.8 Å². The second kappa shape index (κ2) is 6.18. The number of benzene rings is 1. The molecular formula is C15H22O2. The Bertz CT molecular complexity index is 323. The highest BCUT2D eigenvalue weighted by molar-refractivity contribution is 5.17. The summed E-state index contributed by atoms with van der Waals surface area (Å²) in [7, 11) is 0. The molecule has 0 heterocycles. The Kier molecular flexibility index (Phi) is 4.57. The van der Waals surface area contributed by atoms with E-state index in [2.05, 4.69) is 0 Å². The van der Waals surface area contributed by atoms with Crippen LogP contribution in [-0.4, -0.2) is 16.3 Å². The minimum Gasteiger partial charge on any atom is -0.393 e. The number of aliphatic hydroxyl groups is 2. The minimum absolute atomic E-state index is 0.226. The fraction of sp³-hybridized carbons (Fsp3) is 0.600. The molecule has 0 unspecified atom stereocenters. The van der Waals surface area contributed by atoms with Crippen LogP contribution in [0.2, 0.25) is 0 Å². The molecular weight excluding hydrogens is 212 g/mol. The quantitative estimate of drug-likeness (QED) is 0.789. The van der Waals surface area contributed by atoms with E-state index in [-0.39, 0.29) is 12.0 Å². The van der Waals surface area contributed by atoms with E-state index >= 15 is 0 Å². The topological polar surface area (TPSA) is 40.5 Å². The average molecular weight is 234 g/mol. The predicted molar refractivity (Wildman–Crippen MR) is 68.6 cm³/mol. The monoisotopic (exact) mass is 234 g/mol. The van der Waals surface area contributed by atoms with Crippen LogP contribution in [0.25, 0.3) is 0 Å². The molecule has 1 aliphatic carbocycles. The third-order valence-electron chi connectivity index (χ3n) is 3.83. The van der Waals surface area contributed by atoms with Gasteiger partial charge in [0, 0.05) is 0 Å². The summed E-state index contributed by atoms with van der Waals surface area (Å²) >= 11 is 0. The molecule has 1 saturated carbocycles. The van der Waals surface area contributed by atoms with Crippen molar-refractivity contribution in [3.05, 3.63) is 35.9 Å². The Hall–Kier alpha value is -0.860. The van der Waals surface area contributed by atoms with Crippen molar-refractivity contribution >= 4 is 0 Å². The minimum atomic E-state index is -0.436. The van der Waals surface area contributed by atoms with Crippen molar-refractivity contribution in [2.75, 3.05) is 0 Å². The molecule has 1 aliphatic rings. The van der Waals surface area contributed by atoms with E-state index in [0.29, 0.717) is 6.42 Å². The fourth-order valence-corrected chi connectivity index (χ4v) is 2.74. The van der Waals surface area contributed by atoms with Crippen molar-refractivity contribution < 1.29 is 10.2 Å². The molecule has 17 heavy (non-hydrogen) atoms. The van der Waals surface area contributed by atoms with Crippen LogP contribution in [0.5, 0.6) is 0 Å². The van der Waals surface area contributed by atoms with Gasteiger partial charge in [0.15, 0.2) is 0 Å². The number of hydrogen-bond donors (Lipinski definition) is 2. The highest BCUT2D eigenvalue weighted by Gasteiger charge is 2.24. The van der Waals surface area contributed by atoms with Gasteiger partial charge in [0.05, 0.1) is 12.2 Å². The highest BCUT2D eigenvalue weighted by Crippen LogP contribution is 2.31. The molecule has 94 valence electrons. The second-order valence-corrected chi connectivity index (χ2v) is 5.13. The van der Waals surface area contributed by atoms with Crippen molar-refractivity contribution in [2.45, 2.75) is 50.7 Å². The Morgan fingerprint density at radius 1 is 1.06 bits per heavy atom. The third kappa shape index (κ3) is 3.55. The van der Waals surface area contributed by atoms with Gasteiger partial charge in [-0.1, -0.05) is 49.6 Å². The lowest BCUT2D eigenvalue weighted by Crippen LogP contribution is -2.21. The van der Waals surface area contributed by atoms with Crippen LogP contribution < -0.4 is 0 Å². The van der Waals surface area contributed by atoms with Crippen molar-refractivity contribution in [1.29, 1.82) is 0 Å². The molecule has 0 spiro atoms. The summed E-state index contributed by atoms with van der Waals surface area (Å²) in [6.07, 6.45) is 5.49. The Morgan fingerprint density at radius 2 is 1.76 bits per heavy atom. The van der Waals surface area contributed by atoms with E-state index in [0.717, 1.165) is 24.8 Å². The van der Waals surface area contributed by atoms with Crippen LogP contribution in [0, 0.1) is 5.92 Å². The zero-order chi connectivity index (χ0) is 12.1. The lowest BCUT2D eigenvalue weighted by molar-refractivity contribution is 0.0565. The molecule has 1 aromatic carbocycles. The van der Waals surface area contributed by atoms with Crippen molar-refractivity contribution in [3.63, 3.8) is 0 Å². The molecule has 0 aliphatic heterocycles. The third-order valence-corrected chi connectivity index (χ3v) is 3.83. The van der Waals surface area contributed by atoms with Crippen molar-refractivity contribution in [3.8, 4) is 0 Å². The number of rotatable bonds is 3. The average Bonchev–Trinajstić information content (AvgIpc) is 2.56. The Labute approximate surface area is 103 Å². The fourth-order valence-electron chi connectivity index (χ4n) is 2.74. The Morgan fingerprint density at radius 3 is 2.53 bits per heavy atom. The molecule has 2 N–H and O–H groups in total.